The zero-order valence-corrected chi connectivity index (χ0v) is 10.4. The predicted octanol–water partition coefficient (Wildman–Crippen LogP) is 2.17. The second kappa shape index (κ2) is 4.28. The molecule has 3 rings (SSSR count). The SMILES string of the molecule is Cc1cccc(C2C=C(C(=O)O)Nc3ccnn32)c1. The van der Waals surface area contributed by atoms with Crippen molar-refractivity contribution >= 4 is 11.8 Å². The quantitative estimate of drug-likeness (QED) is 0.863. The van der Waals surface area contributed by atoms with Crippen molar-refractivity contribution in [3.8, 4) is 0 Å². The zero-order chi connectivity index (χ0) is 13.4. The van der Waals surface area contributed by atoms with E-state index in [4.69, 9.17) is 5.11 Å². The minimum Gasteiger partial charge on any atom is -0.477 e. The molecule has 1 aliphatic heterocycles. The number of hydrogen-bond donors (Lipinski definition) is 2. The zero-order valence-electron chi connectivity index (χ0n) is 10.4. The van der Waals surface area contributed by atoms with Gasteiger partial charge in [-0.3, -0.25) is 0 Å². The van der Waals surface area contributed by atoms with Gasteiger partial charge in [0.2, 0.25) is 0 Å². The summed E-state index contributed by atoms with van der Waals surface area (Å²) in [6.45, 7) is 2.01. The third-order valence-electron chi connectivity index (χ3n) is 3.14. The average Bonchev–Trinajstić information content (AvgIpc) is 2.85. The van der Waals surface area contributed by atoms with Gasteiger partial charge in [-0.1, -0.05) is 29.8 Å². The fourth-order valence-electron chi connectivity index (χ4n) is 2.26. The fourth-order valence-corrected chi connectivity index (χ4v) is 2.26. The van der Waals surface area contributed by atoms with Crippen LogP contribution in [0.4, 0.5) is 5.82 Å². The van der Waals surface area contributed by atoms with Gasteiger partial charge in [-0.2, -0.15) is 5.10 Å². The van der Waals surface area contributed by atoms with Gasteiger partial charge in [0, 0.05) is 6.07 Å². The van der Waals surface area contributed by atoms with Crippen LogP contribution in [0.5, 0.6) is 0 Å². The Hall–Kier alpha value is -2.56. The molecule has 1 aliphatic rings. The Labute approximate surface area is 110 Å². The molecular formula is C14H13N3O2. The molecule has 0 bridgehead atoms. The number of rotatable bonds is 2. The lowest BCUT2D eigenvalue weighted by molar-refractivity contribution is -0.132. The Morgan fingerprint density at radius 3 is 3.00 bits per heavy atom. The number of carboxylic acid groups (broad SMARTS) is 1. The number of carbonyl (C=O) groups is 1. The second-order valence-corrected chi connectivity index (χ2v) is 4.53. The average molecular weight is 255 g/mol. The molecule has 1 atom stereocenters. The summed E-state index contributed by atoms with van der Waals surface area (Å²) < 4.78 is 1.78. The summed E-state index contributed by atoms with van der Waals surface area (Å²) in [5.41, 5.74) is 2.33. The molecule has 0 saturated heterocycles. The predicted molar refractivity (Wildman–Crippen MR) is 70.9 cm³/mol. The maximum atomic E-state index is 11.2. The molecule has 2 aromatic rings. The van der Waals surface area contributed by atoms with Gasteiger partial charge in [0.1, 0.15) is 11.5 Å². The number of hydrogen-bond acceptors (Lipinski definition) is 3. The third-order valence-corrected chi connectivity index (χ3v) is 3.14. The number of anilines is 1. The first-order chi connectivity index (χ1) is 9.15. The summed E-state index contributed by atoms with van der Waals surface area (Å²) in [5, 5.41) is 16.3. The van der Waals surface area contributed by atoms with Crippen LogP contribution in [0.2, 0.25) is 0 Å². The van der Waals surface area contributed by atoms with Crippen molar-refractivity contribution in [3.05, 3.63) is 59.4 Å². The summed E-state index contributed by atoms with van der Waals surface area (Å²) in [5.74, 6) is -0.281. The Bertz CT molecular complexity index is 673. The van der Waals surface area contributed by atoms with Crippen LogP contribution in [0.3, 0.4) is 0 Å². The second-order valence-electron chi connectivity index (χ2n) is 4.53. The molecule has 5 heteroatoms. The first kappa shape index (κ1) is 11.5. The molecule has 0 saturated carbocycles. The van der Waals surface area contributed by atoms with E-state index in [1.807, 2.05) is 31.2 Å². The van der Waals surface area contributed by atoms with Gasteiger partial charge in [-0.25, -0.2) is 9.48 Å². The highest BCUT2D eigenvalue weighted by Gasteiger charge is 2.24. The van der Waals surface area contributed by atoms with E-state index >= 15 is 0 Å². The van der Waals surface area contributed by atoms with Crippen molar-refractivity contribution < 1.29 is 9.90 Å². The highest BCUT2D eigenvalue weighted by molar-refractivity contribution is 5.90. The van der Waals surface area contributed by atoms with Gasteiger partial charge in [-0.05, 0) is 18.6 Å². The molecule has 1 aromatic carbocycles. The lowest BCUT2D eigenvalue weighted by Gasteiger charge is -2.23. The number of carboxylic acids is 1. The van der Waals surface area contributed by atoms with E-state index in [9.17, 15) is 4.79 Å². The number of allylic oxidation sites excluding steroid dienone is 1. The molecular weight excluding hydrogens is 242 g/mol. The van der Waals surface area contributed by atoms with E-state index in [2.05, 4.69) is 10.4 Å². The molecule has 5 nitrogen and oxygen atoms in total. The molecule has 0 amide bonds. The van der Waals surface area contributed by atoms with Gasteiger partial charge >= 0.3 is 5.97 Å². The summed E-state index contributed by atoms with van der Waals surface area (Å²) >= 11 is 0. The lowest BCUT2D eigenvalue weighted by Crippen LogP contribution is -2.23. The van der Waals surface area contributed by atoms with Crippen molar-refractivity contribution in [1.29, 1.82) is 0 Å². The third kappa shape index (κ3) is 1.99. The van der Waals surface area contributed by atoms with Crippen molar-refractivity contribution in [3.63, 3.8) is 0 Å². The molecule has 0 fully saturated rings. The number of benzene rings is 1. The standard InChI is InChI=1S/C14H13N3O2/c1-9-3-2-4-10(7-9)12-8-11(14(18)19)16-13-5-6-15-17(12)13/h2-8,12,16H,1H3,(H,18,19). The van der Waals surface area contributed by atoms with Crippen LogP contribution < -0.4 is 5.32 Å². The number of aryl methyl sites for hydroxylation is 1. The molecule has 2 heterocycles. The summed E-state index contributed by atoms with van der Waals surface area (Å²) in [7, 11) is 0. The van der Waals surface area contributed by atoms with E-state index in [-0.39, 0.29) is 11.7 Å². The van der Waals surface area contributed by atoms with Crippen LogP contribution in [-0.2, 0) is 4.79 Å². The fraction of sp³-hybridized carbons (Fsp3) is 0.143. The van der Waals surface area contributed by atoms with Crippen LogP contribution >= 0.6 is 0 Å². The van der Waals surface area contributed by atoms with E-state index in [1.54, 1.807) is 23.0 Å². The maximum absolute atomic E-state index is 11.2. The van der Waals surface area contributed by atoms with Crippen LogP contribution in [-0.4, -0.2) is 20.9 Å². The van der Waals surface area contributed by atoms with Gasteiger partial charge in [0.15, 0.2) is 0 Å². The first-order valence-corrected chi connectivity index (χ1v) is 5.97. The highest BCUT2D eigenvalue weighted by Crippen LogP contribution is 2.29. The largest absolute Gasteiger partial charge is 0.477 e. The number of aromatic nitrogens is 2. The number of aliphatic carboxylic acids is 1. The van der Waals surface area contributed by atoms with Gasteiger partial charge in [0.05, 0.1) is 12.2 Å². The minimum atomic E-state index is -0.967. The summed E-state index contributed by atoms with van der Waals surface area (Å²) in [6, 6.07) is 9.55. The van der Waals surface area contributed by atoms with Crippen molar-refractivity contribution in [2.24, 2.45) is 0 Å². The number of fused-ring (bicyclic) bond motifs is 1. The normalized spacial score (nSPS) is 17.3. The van der Waals surface area contributed by atoms with E-state index in [0.717, 1.165) is 11.1 Å². The Morgan fingerprint density at radius 2 is 2.26 bits per heavy atom. The molecule has 0 spiro atoms. The highest BCUT2D eigenvalue weighted by atomic mass is 16.4. The summed E-state index contributed by atoms with van der Waals surface area (Å²) in [6.07, 6.45) is 3.33. The van der Waals surface area contributed by atoms with Crippen molar-refractivity contribution in [1.82, 2.24) is 9.78 Å². The van der Waals surface area contributed by atoms with Crippen LogP contribution in [0.15, 0.2) is 48.3 Å². The van der Waals surface area contributed by atoms with E-state index in [0.29, 0.717) is 5.82 Å². The Balaban J connectivity index is 2.11. The van der Waals surface area contributed by atoms with Crippen molar-refractivity contribution in [2.75, 3.05) is 5.32 Å². The lowest BCUT2D eigenvalue weighted by atomic mass is 10.0. The van der Waals surface area contributed by atoms with Crippen molar-refractivity contribution in [2.45, 2.75) is 13.0 Å². The molecule has 96 valence electrons. The van der Waals surface area contributed by atoms with E-state index < -0.39 is 5.97 Å². The van der Waals surface area contributed by atoms with Crippen LogP contribution in [0.25, 0.3) is 0 Å². The number of nitrogens with zero attached hydrogens (tertiary/aromatic N) is 2. The molecule has 0 radical (unpaired) electrons. The maximum Gasteiger partial charge on any atom is 0.352 e. The smallest absolute Gasteiger partial charge is 0.352 e. The first-order valence-electron chi connectivity index (χ1n) is 5.97. The van der Waals surface area contributed by atoms with Crippen LogP contribution in [0, 0.1) is 6.92 Å². The molecule has 0 aliphatic carbocycles. The van der Waals surface area contributed by atoms with Gasteiger partial charge < -0.3 is 10.4 Å². The minimum absolute atomic E-state index is 0.180. The summed E-state index contributed by atoms with van der Waals surface area (Å²) in [4.78, 5) is 11.2. The monoisotopic (exact) mass is 255 g/mol. The van der Waals surface area contributed by atoms with Gasteiger partial charge in [0.25, 0.3) is 0 Å². The van der Waals surface area contributed by atoms with Crippen LogP contribution in [0.1, 0.15) is 17.2 Å². The Kier molecular flexibility index (Phi) is 2.59. The van der Waals surface area contributed by atoms with E-state index in [1.165, 1.54) is 0 Å². The molecule has 19 heavy (non-hydrogen) atoms. The molecule has 1 aromatic heterocycles. The van der Waals surface area contributed by atoms with Gasteiger partial charge in [-0.15, -0.1) is 0 Å². The molecule has 1 unspecified atom stereocenters. The Morgan fingerprint density at radius 1 is 1.42 bits per heavy atom. The molecule has 2 N–H and O–H groups in total. The number of nitrogens with one attached hydrogen (secondary N) is 1. The topological polar surface area (TPSA) is 67.2 Å².